The SMILES string of the molecule is CC1CCC(CNC(=O)c2cc(F)cnc2N)CC1. The van der Waals surface area contributed by atoms with Crippen LogP contribution in [0.3, 0.4) is 0 Å². The molecule has 104 valence electrons. The number of rotatable bonds is 3. The number of pyridine rings is 1. The second kappa shape index (κ2) is 5.99. The van der Waals surface area contributed by atoms with Crippen molar-refractivity contribution >= 4 is 11.7 Å². The molecule has 1 saturated carbocycles. The molecular formula is C14H20FN3O. The molecule has 1 amide bonds. The highest BCUT2D eigenvalue weighted by Crippen LogP contribution is 2.27. The molecule has 0 radical (unpaired) electrons. The monoisotopic (exact) mass is 265 g/mol. The Bertz CT molecular complexity index is 456. The van der Waals surface area contributed by atoms with Gasteiger partial charge in [0.2, 0.25) is 0 Å². The van der Waals surface area contributed by atoms with Gasteiger partial charge in [0, 0.05) is 6.54 Å². The maximum absolute atomic E-state index is 13.0. The molecule has 3 N–H and O–H groups in total. The molecule has 0 aromatic carbocycles. The average molecular weight is 265 g/mol. The van der Waals surface area contributed by atoms with Crippen molar-refractivity contribution in [2.24, 2.45) is 11.8 Å². The molecule has 0 atom stereocenters. The first-order valence-electron chi connectivity index (χ1n) is 6.75. The van der Waals surface area contributed by atoms with E-state index in [9.17, 15) is 9.18 Å². The lowest BCUT2D eigenvalue weighted by Crippen LogP contribution is -2.31. The Kier molecular flexibility index (Phi) is 4.35. The fraction of sp³-hybridized carbons (Fsp3) is 0.571. The Balaban J connectivity index is 1.89. The number of carbonyl (C=O) groups excluding carboxylic acids is 1. The molecule has 2 rings (SSSR count). The summed E-state index contributed by atoms with van der Waals surface area (Å²) in [6.45, 7) is 2.88. The largest absolute Gasteiger partial charge is 0.383 e. The molecular weight excluding hydrogens is 245 g/mol. The van der Waals surface area contributed by atoms with Gasteiger partial charge in [-0.2, -0.15) is 0 Å². The highest BCUT2D eigenvalue weighted by Gasteiger charge is 2.19. The van der Waals surface area contributed by atoms with Gasteiger partial charge in [0.1, 0.15) is 11.6 Å². The van der Waals surface area contributed by atoms with E-state index in [-0.39, 0.29) is 17.3 Å². The van der Waals surface area contributed by atoms with E-state index in [1.54, 1.807) is 0 Å². The third-order valence-electron chi connectivity index (χ3n) is 3.82. The summed E-state index contributed by atoms with van der Waals surface area (Å²) in [6.07, 6.45) is 5.71. The fourth-order valence-electron chi connectivity index (χ4n) is 2.50. The molecule has 1 fully saturated rings. The van der Waals surface area contributed by atoms with Crippen LogP contribution in [-0.2, 0) is 0 Å². The third-order valence-corrected chi connectivity index (χ3v) is 3.82. The zero-order chi connectivity index (χ0) is 13.8. The minimum absolute atomic E-state index is 0.0659. The van der Waals surface area contributed by atoms with Crippen LogP contribution in [0.1, 0.15) is 43.0 Å². The molecule has 0 bridgehead atoms. The summed E-state index contributed by atoms with van der Waals surface area (Å²) >= 11 is 0. The number of anilines is 1. The number of nitrogens with one attached hydrogen (secondary N) is 1. The standard InChI is InChI=1S/C14H20FN3O/c1-9-2-4-10(5-3-9)7-18-14(19)12-6-11(15)8-17-13(12)16/h6,8-10H,2-5,7H2,1H3,(H2,16,17)(H,18,19). The number of hydrogen-bond acceptors (Lipinski definition) is 3. The molecule has 4 nitrogen and oxygen atoms in total. The molecule has 19 heavy (non-hydrogen) atoms. The molecule has 0 aliphatic heterocycles. The first kappa shape index (κ1) is 13.8. The van der Waals surface area contributed by atoms with Crippen molar-refractivity contribution in [3.8, 4) is 0 Å². The van der Waals surface area contributed by atoms with Crippen LogP contribution in [0.15, 0.2) is 12.3 Å². The molecule has 0 saturated heterocycles. The van der Waals surface area contributed by atoms with Gasteiger partial charge in [-0.3, -0.25) is 4.79 Å². The molecule has 5 heteroatoms. The van der Waals surface area contributed by atoms with Crippen LogP contribution < -0.4 is 11.1 Å². The number of nitrogens with two attached hydrogens (primary N) is 1. The quantitative estimate of drug-likeness (QED) is 0.881. The van der Waals surface area contributed by atoms with Crippen molar-refractivity contribution in [1.29, 1.82) is 0 Å². The van der Waals surface area contributed by atoms with Gasteiger partial charge in [0.05, 0.1) is 11.8 Å². The van der Waals surface area contributed by atoms with Crippen LogP contribution in [0.4, 0.5) is 10.2 Å². The maximum atomic E-state index is 13.0. The first-order chi connectivity index (χ1) is 9.06. The van der Waals surface area contributed by atoms with E-state index in [0.717, 1.165) is 31.0 Å². The van der Waals surface area contributed by atoms with E-state index >= 15 is 0 Å². The lowest BCUT2D eigenvalue weighted by Gasteiger charge is -2.26. The fourth-order valence-corrected chi connectivity index (χ4v) is 2.50. The number of halogens is 1. The Morgan fingerprint density at radius 1 is 1.47 bits per heavy atom. The second-order valence-corrected chi connectivity index (χ2v) is 5.42. The van der Waals surface area contributed by atoms with Gasteiger partial charge >= 0.3 is 0 Å². The van der Waals surface area contributed by atoms with Crippen LogP contribution >= 0.6 is 0 Å². The van der Waals surface area contributed by atoms with E-state index in [2.05, 4.69) is 17.2 Å². The Hall–Kier alpha value is -1.65. The highest BCUT2D eigenvalue weighted by atomic mass is 19.1. The van der Waals surface area contributed by atoms with Crippen LogP contribution in [0, 0.1) is 17.7 Å². The van der Waals surface area contributed by atoms with Crippen molar-refractivity contribution < 1.29 is 9.18 Å². The van der Waals surface area contributed by atoms with Gasteiger partial charge in [-0.1, -0.05) is 19.8 Å². The Morgan fingerprint density at radius 2 is 2.16 bits per heavy atom. The summed E-state index contributed by atoms with van der Waals surface area (Å²) in [5.41, 5.74) is 5.69. The zero-order valence-electron chi connectivity index (χ0n) is 11.2. The summed E-state index contributed by atoms with van der Waals surface area (Å²) in [6, 6.07) is 1.13. The number of hydrogen-bond donors (Lipinski definition) is 2. The van der Waals surface area contributed by atoms with Crippen molar-refractivity contribution in [2.75, 3.05) is 12.3 Å². The van der Waals surface area contributed by atoms with Crippen LogP contribution in [0.5, 0.6) is 0 Å². The van der Waals surface area contributed by atoms with Gasteiger partial charge in [0.25, 0.3) is 5.91 Å². The molecule has 1 heterocycles. The average Bonchev–Trinajstić information content (AvgIpc) is 2.40. The Labute approximate surface area is 112 Å². The van der Waals surface area contributed by atoms with E-state index in [0.29, 0.717) is 12.5 Å². The predicted molar refractivity (Wildman–Crippen MR) is 72.1 cm³/mol. The maximum Gasteiger partial charge on any atom is 0.255 e. The summed E-state index contributed by atoms with van der Waals surface area (Å²) in [5.74, 6) is 0.475. The number of amides is 1. The lowest BCUT2D eigenvalue weighted by molar-refractivity contribution is 0.0942. The van der Waals surface area contributed by atoms with E-state index < -0.39 is 5.82 Å². The second-order valence-electron chi connectivity index (χ2n) is 5.42. The van der Waals surface area contributed by atoms with Crippen molar-refractivity contribution in [2.45, 2.75) is 32.6 Å². The molecule has 1 aromatic heterocycles. The topological polar surface area (TPSA) is 68.0 Å². The van der Waals surface area contributed by atoms with Crippen molar-refractivity contribution in [1.82, 2.24) is 10.3 Å². The van der Waals surface area contributed by atoms with Gasteiger partial charge in [-0.15, -0.1) is 0 Å². The lowest BCUT2D eigenvalue weighted by atomic mass is 9.83. The molecule has 0 spiro atoms. The summed E-state index contributed by atoms with van der Waals surface area (Å²) in [7, 11) is 0. The minimum Gasteiger partial charge on any atom is -0.383 e. The van der Waals surface area contributed by atoms with Crippen molar-refractivity contribution in [3.05, 3.63) is 23.6 Å². The molecule has 1 aliphatic rings. The smallest absolute Gasteiger partial charge is 0.255 e. The third kappa shape index (κ3) is 3.66. The number of nitrogens with zero attached hydrogens (tertiary/aromatic N) is 1. The van der Waals surface area contributed by atoms with Gasteiger partial charge < -0.3 is 11.1 Å². The zero-order valence-corrected chi connectivity index (χ0v) is 11.2. The normalized spacial score (nSPS) is 23.1. The molecule has 1 aliphatic carbocycles. The van der Waals surface area contributed by atoms with Gasteiger partial charge in [0.15, 0.2) is 0 Å². The minimum atomic E-state index is -0.550. The van der Waals surface area contributed by atoms with Crippen LogP contribution in [0.2, 0.25) is 0 Å². The highest BCUT2D eigenvalue weighted by molar-refractivity contribution is 5.98. The van der Waals surface area contributed by atoms with Crippen LogP contribution in [0.25, 0.3) is 0 Å². The number of carbonyl (C=O) groups is 1. The summed E-state index contributed by atoms with van der Waals surface area (Å²) in [4.78, 5) is 15.6. The molecule has 1 aromatic rings. The Morgan fingerprint density at radius 3 is 2.84 bits per heavy atom. The van der Waals surface area contributed by atoms with Crippen molar-refractivity contribution in [3.63, 3.8) is 0 Å². The first-order valence-corrected chi connectivity index (χ1v) is 6.75. The van der Waals surface area contributed by atoms with E-state index in [1.165, 1.54) is 12.8 Å². The van der Waals surface area contributed by atoms with Gasteiger partial charge in [-0.25, -0.2) is 9.37 Å². The number of aromatic nitrogens is 1. The van der Waals surface area contributed by atoms with Gasteiger partial charge in [-0.05, 0) is 30.7 Å². The molecule has 0 unspecified atom stereocenters. The summed E-state index contributed by atoms with van der Waals surface area (Å²) < 4.78 is 13.0. The van der Waals surface area contributed by atoms with E-state index in [1.807, 2.05) is 0 Å². The van der Waals surface area contributed by atoms with E-state index in [4.69, 9.17) is 5.73 Å². The number of nitrogen functional groups attached to an aromatic ring is 1. The van der Waals surface area contributed by atoms with Crippen LogP contribution in [-0.4, -0.2) is 17.4 Å². The predicted octanol–water partition coefficient (Wildman–Crippen LogP) is 2.36. The summed E-state index contributed by atoms with van der Waals surface area (Å²) in [5, 5.41) is 2.83.